The van der Waals surface area contributed by atoms with E-state index in [-0.39, 0.29) is 0 Å². The molecule has 1 unspecified atom stereocenters. The summed E-state index contributed by atoms with van der Waals surface area (Å²) >= 11 is 1.92. The van der Waals surface area contributed by atoms with Crippen molar-refractivity contribution in [2.75, 3.05) is 12.0 Å². The second-order valence-corrected chi connectivity index (χ2v) is 12.1. The molecule has 1 nitrogen and oxygen atoms in total. The Kier molecular flexibility index (Phi) is 6.47. The van der Waals surface area contributed by atoms with Crippen molar-refractivity contribution in [1.82, 2.24) is 5.32 Å². The van der Waals surface area contributed by atoms with Crippen LogP contribution in [0.1, 0.15) is 18.9 Å². The van der Waals surface area contributed by atoms with E-state index in [4.69, 9.17) is 0 Å². The molecule has 0 radical (unpaired) electrons. The lowest BCUT2D eigenvalue weighted by Gasteiger charge is -2.17. The highest BCUT2D eigenvalue weighted by molar-refractivity contribution is 7.98. The van der Waals surface area contributed by atoms with Crippen molar-refractivity contribution < 1.29 is 0 Å². The van der Waals surface area contributed by atoms with E-state index in [0.717, 1.165) is 6.54 Å². The molecule has 1 N–H and O–H groups in total. The van der Waals surface area contributed by atoms with Crippen LogP contribution in [0.3, 0.4) is 0 Å². The van der Waals surface area contributed by atoms with Crippen molar-refractivity contribution in [3.63, 3.8) is 0 Å². The molecule has 0 aliphatic heterocycles. The number of rotatable bonds is 7. The number of benzene rings is 1. The molecular formula is C15H27NSSi. The van der Waals surface area contributed by atoms with Gasteiger partial charge in [0.1, 0.15) is 0 Å². The zero-order valence-corrected chi connectivity index (χ0v) is 14.2. The van der Waals surface area contributed by atoms with Crippen molar-refractivity contribution >= 4 is 25.0 Å². The van der Waals surface area contributed by atoms with Gasteiger partial charge in [0.05, 0.1) is 8.07 Å². The van der Waals surface area contributed by atoms with Crippen LogP contribution in [0.4, 0.5) is 0 Å². The smallest absolute Gasteiger partial charge is 0.0775 e. The van der Waals surface area contributed by atoms with Crippen molar-refractivity contribution in [3.05, 3.63) is 29.8 Å². The normalized spacial score (nSPS) is 13.6. The Morgan fingerprint density at radius 3 is 2.28 bits per heavy atom. The predicted octanol–water partition coefficient (Wildman–Crippen LogP) is 3.46. The van der Waals surface area contributed by atoms with Crippen LogP contribution in [-0.4, -0.2) is 26.1 Å². The highest BCUT2D eigenvalue weighted by atomic mass is 32.2. The molecule has 0 fully saturated rings. The summed E-state index contributed by atoms with van der Waals surface area (Å²) in [6.07, 6.45) is 3.41. The molecule has 0 spiro atoms. The lowest BCUT2D eigenvalue weighted by molar-refractivity contribution is 0.537. The summed E-state index contributed by atoms with van der Waals surface area (Å²) in [5.41, 5.74) is 1.40. The lowest BCUT2D eigenvalue weighted by atomic mass is 10.2. The van der Waals surface area contributed by atoms with Gasteiger partial charge >= 0.3 is 0 Å². The fourth-order valence-electron chi connectivity index (χ4n) is 1.81. The maximum atomic E-state index is 3.59. The van der Waals surface area contributed by atoms with Gasteiger partial charge in [0, 0.05) is 12.6 Å². The number of thioether (sulfide) groups is 1. The van der Waals surface area contributed by atoms with Gasteiger partial charge in [-0.15, -0.1) is 0 Å². The third-order valence-corrected chi connectivity index (χ3v) is 5.94. The van der Waals surface area contributed by atoms with Crippen LogP contribution in [0.2, 0.25) is 19.6 Å². The summed E-state index contributed by atoms with van der Waals surface area (Å²) in [6.45, 7) is 10.4. The third-order valence-electron chi connectivity index (χ3n) is 3.23. The molecule has 1 aromatic carbocycles. The first-order chi connectivity index (χ1) is 8.43. The van der Waals surface area contributed by atoms with Crippen LogP contribution < -0.4 is 10.5 Å². The van der Waals surface area contributed by atoms with Crippen LogP contribution in [0.15, 0.2) is 24.3 Å². The molecule has 18 heavy (non-hydrogen) atoms. The van der Waals surface area contributed by atoms with Gasteiger partial charge in [0.2, 0.25) is 0 Å². The zero-order valence-electron chi connectivity index (χ0n) is 12.4. The Bertz CT molecular complexity index is 343. The second-order valence-electron chi connectivity index (χ2n) is 6.01. The average Bonchev–Trinajstić information content (AvgIpc) is 2.33. The van der Waals surface area contributed by atoms with E-state index in [9.17, 15) is 0 Å². The molecule has 1 aromatic rings. The monoisotopic (exact) mass is 281 g/mol. The Labute approximate surface area is 118 Å². The molecule has 0 aliphatic carbocycles. The first kappa shape index (κ1) is 15.8. The fraction of sp³-hybridized carbons (Fsp3) is 0.600. The number of hydrogen-bond acceptors (Lipinski definition) is 2. The number of nitrogens with one attached hydrogen (secondary N) is 1. The van der Waals surface area contributed by atoms with E-state index in [1.54, 1.807) is 5.19 Å². The maximum Gasteiger partial charge on any atom is 0.0775 e. The summed E-state index contributed by atoms with van der Waals surface area (Å²) < 4.78 is 0. The summed E-state index contributed by atoms with van der Waals surface area (Å²) in [6, 6.07) is 9.80. The molecule has 3 heteroatoms. The predicted molar refractivity (Wildman–Crippen MR) is 88.7 cm³/mol. The first-order valence-electron chi connectivity index (χ1n) is 6.75. The molecule has 0 saturated carbocycles. The molecular weight excluding hydrogens is 254 g/mol. The van der Waals surface area contributed by atoms with Crippen LogP contribution in [0, 0.1) is 0 Å². The molecule has 0 bridgehead atoms. The topological polar surface area (TPSA) is 12.0 Å². The minimum absolute atomic E-state index is 0.606. The Hall–Kier alpha value is -0.253. The highest BCUT2D eigenvalue weighted by Gasteiger charge is 2.15. The average molecular weight is 282 g/mol. The quantitative estimate of drug-likeness (QED) is 0.768. The molecule has 0 aromatic heterocycles. The van der Waals surface area contributed by atoms with Gasteiger partial charge < -0.3 is 5.32 Å². The van der Waals surface area contributed by atoms with Crippen molar-refractivity contribution in [3.8, 4) is 0 Å². The van der Waals surface area contributed by atoms with E-state index >= 15 is 0 Å². The van der Waals surface area contributed by atoms with E-state index < -0.39 is 8.07 Å². The Morgan fingerprint density at radius 1 is 1.17 bits per heavy atom. The maximum absolute atomic E-state index is 3.59. The van der Waals surface area contributed by atoms with Gasteiger partial charge in [0.15, 0.2) is 0 Å². The summed E-state index contributed by atoms with van der Waals surface area (Å²) in [7, 11) is -1.14. The van der Waals surface area contributed by atoms with Gasteiger partial charge in [0.25, 0.3) is 0 Å². The van der Waals surface area contributed by atoms with Crippen molar-refractivity contribution in [2.45, 2.75) is 45.6 Å². The molecule has 102 valence electrons. The van der Waals surface area contributed by atoms with Gasteiger partial charge in [-0.2, -0.15) is 11.8 Å². The third kappa shape index (κ3) is 5.59. The van der Waals surface area contributed by atoms with E-state index in [2.05, 4.69) is 62.4 Å². The lowest BCUT2D eigenvalue weighted by Crippen LogP contribution is -2.37. The summed E-state index contributed by atoms with van der Waals surface area (Å²) in [5.74, 6) is 1.24. The standard InChI is InChI=1S/C15H27NSSi/c1-13(10-11-17-2)16-12-14-6-8-15(9-7-14)18(3,4)5/h6-9,13,16H,10-12H2,1-5H3. The minimum Gasteiger partial charge on any atom is -0.310 e. The first-order valence-corrected chi connectivity index (χ1v) is 11.6. The van der Waals surface area contributed by atoms with Gasteiger partial charge in [-0.1, -0.05) is 49.1 Å². The molecule has 0 saturated heterocycles. The van der Waals surface area contributed by atoms with Crippen LogP contribution in [0.5, 0.6) is 0 Å². The Morgan fingerprint density at radius 2 is 1.78 bits per heavy atom. The van der Waals surface area contributed by atoms with Gasteiger partial charge in [-0.25, -0.2) is 0 Å². The second kappa shape index (κ2) is 7.36. The molecule has 0 heterocycles. The van der Waals surface area contributed by atoms with Crippen LogP contribution in [0.25, 0.3) is 0 Å². The largest absolute Gasteiger partial charge is 0.310 e. The molecule has 1 rings (SSSR count). The summed E-state index contributed by atoms with van der Waals surface area (Å²) in [5, 5.41) is 5.13. The molecule has 0 aliphatic rings. The van der Waals surface area contributed by atoms with Crippen LogP contribution >= 0.6 is 11.8 Å². The van der Waals surface area contributed by atoms with Crippen LogP contribution in [-0.2, 0) is 6.54 Å². The molecule has 0 amide bonds. The summed E-state index contributed by atoms with van der Waals surface area (Å²) in [4.78, 5) is 0. The van der Waals surface area contributed by atoms with Gasteiger partial charge in [-0.3, -0.25) is 0 Å². The molecule has 1 atom stereocenters. The van der Waals surface area contributed by atoms with Crippen molar-refractivity contribution in [2.24, 2.45) is 0 Å². The van der Waals surface area contributed by atoms with Gasteiger partial charge in [-0.05, 0) is 30.9 Å². The fourth-order valence-corrected chi connectivity index (χ4v) is 3.57. The zero-order chi connectivity index (χ0) is 13.6. The van der Waals surface area contributed by atoms with Crippen molar-refractivity contribution in [1.29, 1.82) is 0 Å². The van der Waals surface area contributed by atoms with E-state index in [1.807, 2.05) is 11.8 Å². The van der Waals surface area contributed by atoms with E-state index in [1.165, 1.54) is 17.7 Å². The number of hydrogen-bond donors (Lipinski definition) is 1. The SMILES string of the molecule is CSCCC(C)NCc1ccc([Si](C)(C)C)cc1. The highest BCUT2D eigenvalue weighted by Crippen LogP contribution is 2.06. The Balaban J connectivity index is 2.44. The van der Waals surface area contributed by atoms with E-state index in [0.29, 0.717) is 6.04 Å². The minimum atomic E-state index is -1.14.